The molecule has 7 nitrogen and oxygen atoms in total. The maximum Gasteiger partial charge on any atom is 0.337 e. The molecule has 136 valence electrons. The van der Waals surface area contributed by atoms with E-state index in [0.29, 0.717) is 23.7 Å². The summed E-state index contributed by atoms with van der Waals surface area (Å²) >= 11 is 1.35. The fourth-order valence-corrected chi connectivity index (χ4v) is 3.24. The van der Waals surface area contributed by atoms with Crippen molar-refractivity contribution in [1.82, 2.24) is 14.8 Å². The number of allylic oxidation sites excluding steroid dienone is 1. The summed E-state index contributed by atoms with van der Waals surface area (Å²) in [5.74, 6) is 1.12. The average molecular weight is 372 g/mol. The largest absolute Gasteiger partial charge is 0.465 e. The molecular weight excluding hydrogens is 352 g/mol. The molecule has 1 aliphatic carbocycles. The Balaban J connectivity index is 1.57. The highest BCUT2D eigenvalue weighted by Crippen LogP contribution is 2.40. The molecule has 0 unspecified atom stereocenters. The molecule has 1 amide bonds. The molecule has 1 aromatic carbocycles. The summed E-state index contributed by atoms with van der Waals surface area (Å²) in [6.45, 7) is 4.41. The Kier molecular flexibility index (Phi) is 5.72. The maximum atomic E-state index is 12.2. The van der Waals surface area contributed by atoms with Gasteiger partial charge in [0.25, 0.3) is 0 Å². The van der Waals surface area contributed by atoms with E-state index in [9.17, 15) is 9.59 Å². The minimum atomic E-state index is -0.411. The molecule has 26 heavy (non-hydrogen) atoms. The van der Waals surface area contributed by atoms with Crippen LogP contribution in [-0.2, 0) is 16.1 Å². The van der Waals surface area contributed by atoms with Crippen LogP contribution in [0.1, 0.15) is 34.9 Å². The summed E-state index contributed by atoms with van der Waals surface area (Å²) in [5, 5.41) is 12.0. The van der Waals surface area contributed by atoms with Gasteiger partial charge < -0.3 is 14.6 Å². The number of esters is 1. The van der Waals surface area contributed by atoms with Crippen LogP contribution in [0.2, 0.25) is 0 Å². The standard InChI is InChI=1S/C18H20N4O3S/c1-3-10-22-16(12-4-5-12)20-21-18(22)26-11-15(23)19-14-8-6-13(7-9-14)17(24)25-2/h3,6-9,12H,1,4-5,10-11H2,2H3,(H,19,23). The summed E-state index contributed by atoms with van der Waals surface area (Å²) < 4.78 is 6.67. The van der Waals surface area contributed by atoms with Gasteiger partial charge in [0.15, 0.2) is 5.16 Å². The maximum absolute atomic E-state index is 12.2. The van der Waals surface area contributed by atoms with Crippen LogP contribution in [0.25, 0.3) is 0 Å². The smallest absolute Gasteiger partial charge is 0.337 e. The van der Waals surface area contributed by atoms with Crippen molar-refractivity contribution >= 4 is 29.3 Å². The molecule has 1 aromatic heterocycles. The van der Waals surface area contributed by atoms with Gasteiger partial charge in [-0.05, 0) is 37.1 Å². The number of carbonyl (C=O) groups excluding carboxylic acids is 2. The summed E-state index contributed by atoms with van der Waals surface area (Å²) in [5.41, 5.74) is 1.06. The molecule has 2 aromatic rings. The van der Waals surface area contributed by atoms with E-state index in [1.54, 1.807) is 24.3 Å². The number of rotatable bonds is 8. The van der Waals surface area contributed by atoms with Crippen LogP contribution in [0.5, 0.6) is 0 Å². The first-order chi connectivity index (χ1) is 12.6. The Morgan fingerprint density at radius 2 is 2.08 bits per heavy atom. The first-order valence-corrected chi connectivity index (χ1v) is 9.26. The minimum Gasteiger partial charge on any atom is -0.465 e. The molecule has 1 aliphatic rings. The minimum absolute atomic E-state index is 0.151. The summed E-state index contributed by atoms with van der Waals surface area (Å²) in [6, 6.07) is 6.55. The number of nitrogens with zero attached hydrogens (tertiary/aromatic N) is 3. The zero-order valence-electron chi connectivity index (χ0n) is 14.5. The fourth-order valence-electron chi connectivity index (χ4n) is 2.49. The molecule has 0 aliphatic heterocycles. The predicted octanol–water partition coefficient (Wildman–Crippen LogP) is 2.86. The molecule has 1 heterocycles. The molecule has 0 radical (unpaired) electrons. The van der Waals surface area contributed by atoms with E-state index in [2.05, 4.69) is 26.8 Å². The number of aromatic nitrogens is 3. The number of hydrogen-bond acceptors (Lipinski definition) is 6. The van der Waals surface area contributed by atoms with Crippen LogP contribution in [-0.4, -0.2) is 39.5 Å². The van der Waals surface area contributed by atoms with Crippen LogP contribution in [0.3, 0.4) is 0 Å². The lowest BCUT2D eigenvalue weighted by molar-refractivity contribution is -0.113. The number of benzene rings is 1. The van der Waals surface area contributed by atoms with Crippen molar-refractivity contribution < 1.29 is 14.3 Å². The van der Waals surface area contributed by atoms with Gasteiger partial charge >= 0.3 is 5.97 Å². The molecule has 1 N–H and O–H groups in total. The summed E-state index contributed by atoms with van der Waals surface area (Å²) in [4.78, 5) is 23.6. The van der Waals surface area contributed by atoms with Gasteiger partial charge in [-0.15, -0.1) is 16.8 Å². The van der Waals surface area contributed by atoms with E-state index < -0.39 is 5.97 Å². The Hall–Kier alpha value is -2.61. The molecule has 8 heteroatoms. The third kappa shape index (κ3) is 4.32. The SMILES string of the molecule is C=CCn1c(SCC(=O)Nc2ccc(C(=O)OC)cc2)nnc1C1CC1. The highest BCUT2D eigenvalue weighted by atomic mass is 32.2. The fraction of sp³-hybridized carbons (Fsp3) is 0.333. The van der Waals surface area contributed by atoms with Crippen LogP contribution < -0.4 is 5.32 Å². The van der Waals surface area contributed by atoms with E-state index in [4.69, 9.17) is 0 Å². The van der Waals surface area contributed by atoms with Gasteiger partial charge in [0, 0.05) is 18.2 Å². The third-order valence-corrected chi connectivity index (χ3v) is 4.89. The Morgan fingerprint density at radius 1 is 1.35 bits per heavy atom. The van der Waals surface area contributed by atoms with Crippen LogP contribution in [0.15, 0.2) is 42.1 Å². The van der Waals surface area contributed by atoms with Gasteiger partial charge in [-0.2, -0.15) is 0 Å². The second-order valence-corrected chi connectivity index (χ2v) is 6.86. The van der Waals surface area contributed by atoms with Crippen molar-refractivity contribution in [3.05, 3.63) is 48.3 Å². The number of carbonyl (C=O) groups is 2. The molecule has 0 spiro atoms. The topological polar surface area (TPSA) is 86.1 Å². The summed E-state index contributed by atoms with van der Waals surface area (Å²) in [7, 11) is 1.33. The zero-order chi connectivity index (χ0) is 18.5. The molecule has 0 atom stereocenters. The Bertz CT molecular complexity index is 812. The molecule has 3 rings (SSSR count). The molecule has 1 saturated carbocycles. The van der Waals surface area contributed by atoms with Gasteiger partial charge in [-0.25, -0.2) is 4.79 Å². The second kappa shape index (κ2) is 8.18. The van der Waals surface area contributed by atoms with E-state index in [1.807, 2.05) is 10.6 Å². The van der Waals surface area contributed by atoms with Crippen molar-refractivity contribution in [3.8, 4) is 0 Å². The first kappa shape index (κ1) is 18.2. The number of ether oxygens (including phenoxy) is 1. The van der Waals surface area contributed by atoms with E-state index >= 15 is 0 Å². The molecule has 0 bridgehead atoms. The average Bonchev–Trinajstić information content (AvgIpc) is 3.42. The Labute approximate surface area is 155 Å². The first-order valence-electron chi connectivity index (χ1n) is 8.27. The van der Waals surface area contributed by atoms with E-state index in [1.165, 1.54) is 18.9 Å². The van der Waals surface area contributed by atoms with Crippen molar-refractivity contribution in [2.45, 2.75) is 30.5 Å². The van der Waals surface area contributed by atoms with Crippen LogP contribution >= 0.6 is 11.8 Å². The number of nitrogens with one attached hydrogen (secondary N) is 1. The van der Waals surface area contributed by atoms with Crippen molar-refractivity contribution in [1.29, 1.82) is 0 Å². The van der Waals surface area contributed by atoms with Gasteiger partial charge in [-0.1, -0.05) is 17.8 Å². The lowest BCUT2D eigenvalue weighted by Gasteiger charge is -2.08. The highest BCUT2D eigenvalue weighted by molar-refractivity contribution is 7.99. The Morgan fingerprint density at radius 3 is 2.69 bits per heavy atom. The lowest BCUT2D eigenvalue weighted by atomic mass is 10.2. The monoisotopic (exact) mass is 372 g/mol. The van der Waals surface area contributed by atoms with Crippen molar-refractivity contribution in [3.63, 3.8) is 0 Å². The number of amides is 1. The van der Waals surface area contributed by atoms with Gasteiger partial charge in [0.1, 0.15) is 5.82 Å². The van der Waals surface area contributed by atoms with E-state index in [-0.39, 0.29) is 11.7 Å². The quantitative estimate of drug-likeness (QED) is 0.436. The second-order valence-electron chi connectivity index (χ2n) is 5.92. The number of thioether (sulfide) groups is 1. The number of methoxy groups -OCH3 is 1. The van der Waals surface area contributed by atoms with Crippen LogP contribution in [0, 0.1) is 0 Å². The van der Waals surface area contributed by atoms with Crippen molar-refractivity contribution in [2.75, 3.05) is 18.2 Å². The lowest BCUT2D eigenvalue weighted by Crippen LogP contribution is -2.15. The molecular formula is C18H20N4O3S. The van der Waals surface area contributed by atoms with Gasteiger partial charge in [0.05, 0.1) is 18.4 Å². The number of hydrogen-bond donors (Lipinski definition) is 1. The summed E-state index contributed by atoms with van der Waals surface area (Å²) in [6.07, 6.45) is 4.09. The highest BCUT2D eigenvalue weighted by Gasteiger charge is 2.30. The molecule has 0 saturated heterocycles. The molecule has 1 fully saturated rings. The normalized spacial score (nSPS) is 13.3. The van der Waals surface area contributed by atoms with Gasteiger partial charge in [-0.3, -0.25) is 4.79 Å². The predicted molar refractivity (Wildman–Crippen MR) is 99.3 cm³/mol. The third-order valence-electron chi connectivity index (χ3n) is 3.92. The number of anilines is 1. The van der Waals surface area contributed by atoms with Gasteiger partial charge in [0.2, 0.25) is 5.91 Å². The van der Waals surface area contributed by atoms with Crippen molar-refractivity contribution in [2.24, 2.45) is 0 Å². The van der Waals surface area contributed by atoms with E-state index in [0.717, 1.165) is 23.8 Å². The van der Waals surface area contributed by atoms with Crippen LogP contribution in [0.4, 0.5) is 5.69 Å². The zero-order valence-corrected chi connectivity index (χ0v) is 15.3.